The molecule has 2 rings (SSSR count). The number of anilines is 2. The summed E-state index contributed by atoms with van der Waals surface area (Å²) in [4.78, 5) is 2.38. The van der Waals surface area contributed by atoms with Crippen molar-refractivity contribution in [2.45, 2.75) is 32.6 Å². The number of hydrogen-bond acceptors (Lipinski definition) is 2. The van der Waals surface area contributed by atoms with Crippen molar-refractivity contribution in [3.05, 3.63) is 22.7 Å². The van der Waals surface area contributed by atoms with Crippen LogP contribution in [-0.2, 0) is 0 Å². The Hall–Kier alpha value is -0.890. The molecule has 0 atom stereocenters. The first kappa shape index (κ1) is 11.6. The molecular formula is C13H19ClN2. The molecule has 2 nitrogen and oxygen atoms in total. The third kappa shape index (κ3) is 2.43. The van der Waals surface area contributed by atoms with Crippen LogP contribution in [0.15, 0.2) is 12.1 Å². The summed E-state index contributed by atoms with van der Waals surface area (Å²) in [5.74, 6) is 0. The van der Waals surface area contributed by atoms with Crippen molar-refractivity contribution in [1.82, 2.24) is 0 Å². The Morgan fingerprint density at radius 3 is 2.38 bits per heavy atom. The number of nitrogen functional groups attached to an aromatic ring is 1. The lowest BCUT2D eigenvalue weighted by atomic mass is 10.1. The maximum absolute atomic E-state index is 6.13. The van der Waals surface area contributed by atoms with E-state index in [1.165, 1.54) is 31.2 Å². The average Bonchev–Trinajstić information content (AvgIpc) is 2.51. The molecule has 0 bridgehead atoms. The van der Waals surface area contributed by atoms with Crippen molar-refractivity contribution in [2.75, 3.05) is 23.7 Å². The van der Waals surface area contributed by atoms with Crippen LogP contribution >= 0.6 is 11.6 Å². The SMILES string of the molecule is Cc1cc(Cl)c(N)c(N2CCCCCC2)c1. The molecule has 3 heteroatoms. The zero-order chi connectivity index (χ0) is 11.5. The minimum Gasteiger partial charge on any atom is -0.396 e. The Bertz CT molecular complexity index is 368. The number of nitrogens with two attached hydrogens (primary N) is 1. The molecule has 1 heterocycles. The normalized spacial score (nSPS) is 17.2. The highest BCUT2D eigenvalue weighted by Crippen LogP contribution is 2.33. The van der Waals surface area contributed by atoms with Gasteiger partial charge in [0, 0.05) is 13.1 Å². The lowest BCUT2D eigenvalue weighted by molar-refractivity contribution is 0.726. The molecule has 0 unspecified atom stereocenters. The Balaban J connectivity index is 2.30. The number of rotatable bonds is 1. The molecular weight excluding hydrogens is 220 g/mol. The third-order valence-electron chi connectivity index (χ3n) is 3.20. The summed E-state index contributed by atoms with van der Waals surface area (Å²) in [6.45, 7) is 4.26. The van der Waals surface area contributed by atoms with E-state index in [9.17, 15) is 0 Å². The second-order valence-electron chi connectivity index (χ2n) is 4.58. The molecule has 0 aromatic heterocycles. The van der Waals surface area contributed by atoms with E-state index in [0.717, 1.165) is 24.5 Å². The van der Waals surface area contributed by atoms with E-state index >= 15 is 0 Å². The highest BCUT2D eigenvalue weighted by Gasteiger charge is 2.14. The molecule has 0 spiro atoms. The summed E-state index contributed by atoms with van der Waals surface area (Å²) in [6.07, 6.45) is 5.17. The summed E-state index contributed by atoms with van der Waals surface area (Å²) < 4.78 is 0. The molecule has 0 amide bonds. The summed E-state index contributed by atoms with van der Waals surface area (Å²) in [6, 6.07) is 4.07. The van der Waals surface area contributed by atoms with Crippen LogP contribution in [0.2, 0.25) is 5.02 Å². The smallest absolute Gasteiger partial charge is 0.0741 e. The van der Waals surface area contributed by atoms with E-state index in [4.69, 9.17) is 17.3 Å². The fourth-order valence-electron chi connectivity index (χ4n) is 2.31. The lowest BCUT2D eigenvalue weighted by Crippen LogP contribution is -2.25. The van der Waals surface area contributed by atoms with Crippen molar-refractivity contribution in [3.63, 3.8) is 0 Å². The van der Waals surface area contributed by atoms with Crippen LogP contribution < -0.4 is 10.6 Å². The maximum atomic E-state index is 6.13. The van der Waals surface area contributed by atoms with Gasteiger partial charge < -0.3 is 10.6 Å². The standard InChI is InChI=1S/C13H19ClN2/c1-10-8-11(14)13(15)12(9-10)16-6-4-2-3-5-7-16/h8-9H,2-7,15H2,1H3. The molecule has 1 fully saturated rings. The van der Waals surface area contributed by atoms with Crippen LogP contribution in [0.1, 0.15) is 31.2 Å². The van der Waals surface area contributed by atoms with Crippen LogP contribution in [0.4, 0.5) is 11.4 Å². The van der Waals surface area contributed by atoms with Gasteiger partial charge in [-0.2, -0.15) is 0 Å². The Kier molecular flexibility index (Phi) is 3.59. The van der Waals surface area contributed by atoms with Crippen molar-refractivity contribution in [3.8, 4) is 0 Å². The number of halogens is 1. The predicted molar refractivity (Wildman–Crippen MR) is 71.3 cm³/mol. The van der Waals surface area contributed by atoms with Crippen LogP contribution in [0.5, 0.6) is 0 Å². The van der Waals surface area contributed by atoms with Gasteiger partial charge in [-0.15, -0.1) is 0 Å². The molecule has 1 aromatic rings. The molecule has 1 saturated heterocycles. The van der Waals surface area contributed by atoms with Gasteiger partial charge in [0.2, 0.25) is 0 Å². The van der Waals surface area contributed by atoms with E-state index in [0.29, 0.717) is 5.02 Å². The topological polar surface area (TPSA) is 29.3 Å². The molecule has 0 radical (unpaired) electrons. The summed E-state index contributed by atoms with van der Waals surface area (Å²) >= 11 is 6.13. The van der Waals surface area contributed by atoms with Gasteiger partial charge in [0.15, 0.2) is 0 Å². The maximum Gasteiger partial charge on any atom is 0.0741 e. The van der Waals surface area contributed by atoms with E-state index in [-0.39, 0.29) is 0 Å². The summed E-state index contributed by atoms with van der Waals surface area (Å²) in [7, 11) is 0. The van der Waals surface area contributed by atoms with Gasteiger partial charge in [0.05, 0.1) is 16.4 Å². The van der Waals surface area contributed by atoms with E-state index < -0.39 is 0 Å². The summed E-state index contributed by atoms with van der Waals surface area (Å²) in [5, 5.41) is 0.680. The predicted octanol–water partition coefficient (Wildman–Crippen LogP) is 3.61. The Morgan fingerprint density at radius 1 is 1.12 bits per heavy atom. The second-order valence-corrected chi connectivity index (χ2v) is 4.99. The molecule has 2 N–H and O–H groups in total. The first-order valence-electron chi connectivity index (χ1n) is 5.99. The van der Waals surface area contributed by atoms with Gasteiger partial charge in [0.1, 0.15) is 0 Å². The van der Waals surface area contributed by atoms with Crippen molar-refractivity contribution < 1.29 is 0 Å². The number of benzene rings is 1. The quantitative estimate of drug-likeness (QED) is 0.758. The van der Waals surface area contributed by atoms with Gasteiger partial charge in [-0.25, -0.2) is 0 Å². The highest BCUT2D eigenvalue weighted by atomic mass is 35.5. The fraction of sp³-hybridized carbons (Fsp3) is 0.538. The Morgan fingerprint density at radius 2 is 1.75 bits per heavy atom. The van der Waals surface area contributed by atoms with Crippen LogP contribution in [0, 0.1) is 6.92 Å². The lowest BCUT2D eigenvalue weighted by Gasteiger charge is -2.25. The minimum atomic E-state index is 0.680. The first-order valence-corrected chi connectivity index (χ1v) is 6.37. The minimum absolute atomic E-state index is 0.680. The number of aryl methyl sites for hydroxylation is 1. The van der Waals surface area contributed by atoms with Gasteiger partial charge in [0.25, 0.3) is 0 Å². The molecule has 0 aliphatic carbocycles. The van der Waals surface area contributed by atoms with Crippen molar-refractivity contribution in [2.24, 2.45) is 0 Å². The first-order chi connectivity index (χ1) is 7.68. The van der Waals surface area contributed by atoms with Gasteiger partial charge in [-0.1, -0.05) is 24.4 Å². The van der Waals surface area contributed by atoms with E-state index in [1.54, 1.807) is 0 Å². The van der Waals surface area contributed by atoms with Gasteiger partial charge in [-0.3, -0.25) is 0 Å². The van der Waals surface area contributed by atoms with Crippen molar-refractivity contribution >= 4 is 23.0 Å². The van der Waals surface area contributed by atoms with Gasteiger partial charge in [-0.05, 0) is 37.5 Å². The zero-order valence-electron chi connectivity index (χ0n) is 9.80. The summed E-state index contributed by atoms with van der Waals surface area (Å²) in [5.41, 5.74) is 9.09. The molecule has 1 aromatic carbocycles. The largest absolute Gasteiger partial charge is 0.396 e. The average molecular weight is 239 g/mol. The van der Waals surface area contributed by atoms with Gasteiger partial charge >= 0.3 is 0 Å². The van der Waals surface area contributed by atoms with E-state index in [1.807, 2.05) is 6.07 Å². The fourth-order valence-corrected chi connectivity index (χ4v) is 2.58. The van der Waals surface area contributed by atoms with Crippen LogP contribution in [-0.4, -0.2) is 13.1 Å². The molecule has 16 heavy (non-hydrogen) atoms. The van der Waals surface area contributed by atoms with E-state index in [2.05, 4.69) is 17.9 Å². The monoisotopic (exact) mass is 238 g/mol. The second kappa shape index (κ2) is 4.96. The van der Waals surface area contributed by atoms with Crippen LogP contribution in [0.3, 0.4) is 0 Å². The van der Waals surface area contributed by atoms with Crippen molar-refractivity contribution in [1.29, 1.82) is 0 Å². The highest BCUT2D eigenvalue weighted by molar-refractivity contribution is 6.33. The zero-order valence-corrected chi connectivity index (χ0v) is 10.6. The van der Waals surface area contributed by atoms with Crippen LogP contribution in [0.25, 0.3) is 0 Å². The molecule has 1 aliphatic rings. The Labute approximate surface area is 102 Å². The third-order valence-corrected chi connectivity index (χ3v) is 3.51. The number of nitrogens with zero attached hydrogens (tertiary/aromatic N) is 1. The molecule has 1 aliphatic heterocycles. The molecule has 88 valence electrons. The number of hydrogen-bond donors (Lipinski definition) is 1. The molecule has 0 saturated carbocycles.